The standard InChI is InChI=1S/C6H13NO3/c1-7-10-5-3-2-4-9-6-8/h6-7H,2-5H2,1H3. The molecule has 0 aromatic rings. The van der Waals surface area contributed by atoms with Gasteiger partial charge in [-0.05, 0) is 12.8 Å². The van der Waals surface area contributed by atoms with Gasteiger partial charge in [-0.25, -0.2) is 5.48 Å². The average Bonchev–Trinajstić information content (AvgIpc) is 1.97. The quantitative estimate of drug-likeness (QED) is 0.315. The second-order valence-electron chi connectivity index (χ2n) is 1.73. The van der Waals surface area contributed by atoms with Gasteiger partial charge in [0.15, 0.2) is 0 Å². The summed E-state index contributed by atoms with van der Waals surface area (Å²) in [6.45, 7) is 1.59. The van der Waals surface area contributed by atoms with Gasteiger partial charge in [0, 0.05) is 7.05 Å². The summed E-state index contributed by atoms with van der Waals surface area (Å²) in [6.07, 6.45) is 1.75. The second-order valence-corrected chi connectivity index (χ2v) is 1.73. The van der Waals surface area contributed by atoms with Crippen molar-refractivity contribution in [1.82, 2.24) is 5.48 Å². The topological polar surface area (TPSA) is 47.6 Å². The van der Waals surface area contributed by atoms with Crippen molar-refractivity contribution in [2.45, 2.75) is 12.8 Å². The molecule has 0 heterocycles. The lowest BCUT2D eigenvalue weighted by atomic mass is 10.3. The highest BCUT2D eigenvalue weighted by Gasteiger charge is 1.87. The molecule has 0 aromatic carbocycles. The Kier molecular flexibility index (Phi) is 7.88. The zero-order valence-corrected chi connectivity index (χ0v) is 6.13. The van der Waals surface area contributed by atoms with Crippen molar-refractivity contribution < 1.29 is 14.4 Å². The molecule has 60 valence electrons. The Hall–Kier alpha value is -0.610. The van der Waals surface area contributed by atoms with Crippen molar-refractivity contribution >= 4 is 6.47 Å². The van der Waals surface area contributed by atoms with Gasteiger partial charge in [-0.2, -0.15) is 0 Å². The minimum absolute atomic E-state index is 0.457. The minimum Gasteiger partial charge on any atom is -0.468 e. The van der Waals surface area contributed by atoms with E-state index in [1.54, 1.807) is 7.05 Å². The number of carbonyl (C=O) groups is 1. The molecule has 0 spiro atoms. The Balaban J connectivity index is 2.70. The van der Waals surface area contributed by atoms with Crippen LogP contribution < -0.4 is 5.48 Å². The number of hydrogen-bond donors (Lipinski definition) is 1. The molecule has 0 unspecified atom stereocenters. The molecule has 1 N–H and O–H groups in total. The summed E-state index contributed by atoms with van der Waals surface area (Å²) >= 11 is 0. The first kappa shape index (κ1) is 9.39. The third-order valence-electron chi connectivity index (χ3n) is 0.971. The molecule has 0 radical (unpaired) electrons. The van der Waals surface area contributed by atoms with Crippen molar-refractivity contribution in [2.75, 3.05) is 20.3 Å². The molecule has 4 nitrogen and oxygen atoms in total. The molecule has 10 heavy (non-hydrogen) atoms. The molecule has 0 fully saturated rings. The van der Waals surface area contributed by atoms with Gasteiger partial charge in [0.25, 0.3) is 6.47 Å². The van der Waals surface area contributed by atoms with E-state index < -0.39 is 0 Å². The summed E-state index contributed by atoms with van der Waals surface area (Å²) in [7, 11) is 1.71. The van der Waals surface area contributed by atoms with Crippen LogP contribution in [0.3, 0.4) is 0 Å². The zero-order valence-electron chi connectivity index (χ0n) is 6.13. The van der Waals surface area contributed by atoms with Gasteiger partial charge >= 0.3 is 0 Å². The molecule has 0 saturated heterocycles. The normalized spacial score (nSPS) is 9.30. The second kappa shape index (κ2) is 8.39. The number of carbonyl (C=O) groups excluding carboxylic acids is 1. The molecule has 0 atom stereocenters. The molecular weight excluding hydrogens is 134 g/mol. The highest BCUT2D eigenvalue weighted by Crippen LogP contribution is 1.87. The molecule has 0 amide bonds. The lowest BCUT2D eigenvalue weighted by Crippen LogP contribution is -2.08. The van der Waals surface area contributed by atoms with Gasteiger partial charge in [-0.3, -0.25) is 4.79 Å². The molecule has 0 saturated carbocycles. The third kappa shape index (κ3) is 7.39. The highest BCUT2D eigenvalue weighted by molar-refractivity contribution is 5.36. The molecule has 0 aromatic heterocycles. The molecule has 0 bridgehead atoms. The van der Waals surface area contributed by atoms with Crippen LogP contribution in [-0.2, 0) is 14.4 Å². The van der Waals surface area contributed by atoms with Crippen molar-refractivity contribution in [3.63, 3.8) is 0 Å². The predicted octanol–water partition coefficient (Wildman–Crippen LogP) is 0.0906. The first-order valence-electron chi connectivity index (χ1n) is 3.25. The summed E-state index contributed by atoms with van der Waals surface area (Å²) in [5, 5.41) is 0. The van der Waals surface area contributed by atoms with E-state index in [1.165, 1.54) is 0 Å². The molecular formula is C6H13NO3. The maximum atomic E-state index is 9.63. The highest BCUT2D eigenvalue weighted by atomic mass is 16.6. The Morgan fingerprint density at radius 3 is 2.70 bits per heavy atom. The lowest BCUT2D eigenvalue weighted by molar-refractivity contribution is -0.128. The van der Waals surface area contributed by atoms with E-state index in [0.717, 1.165) is 12.8 Å². The van der Waals surface area contributed by atoms with Crippen LogP contribution in [0.15, 0.2) is 0 Å². The fourth-order valence-corrected chi connectivity index (χ4v) is 0.510. The van der Waals surface area contributed by atoms with Crippen LogP contribution in [0.25, 0.3) is 0 Å². The summed E-state index contributed by atoms with van der Waals surface area (Å²) in [5.74, 6) is 0. The SMILES string of the molecule is CNOCCCCOC=O. The third-order valence-corrected chi connectivity index (χ3v) is 0.971. The smallest absolute Gasteiger partial charge is 0.293 e. The molecule has 0 rings (SSSR count). The Labute approximate surface area is 60.5 Å². The van der Waals surface area contributed by atoms with Gasteiger partial charge in [-0.15, -0.1) is 0 Å². The Morgan fingerprint density at radius 1 is 1.40 bits per heavy atom. The number of nitrogens with one attached hydrogen (secondary N) is 1. The van der Waals surface area contributed by atoms with Crippen LogP contribution in [0.5, 0.6) is 0 Å². The first-order valence-corrected chi connectivity index (χ1v) is 3.25. The Morgan fingerprint density at radius 2 is 2.10 bits per heavy atom. The number of rotatable bonds is 7. The van der Waals surface area contributed by atoms with E-state index >= 15 is 0 Å². The van der Waals surface area contributed by atoms with E-state index in [4.69, 9.17) is 4.84 Å². The van der Waals surface area contributed by atoms with Crippen molar-refractivity contribution in [3.05, 3.63) is 0 Å². The molecule has 4 heteroatoms. The Bertz CT molecular complexity index is 77.4. The van der Waals surface area contributed by atoms with Crippen LogP contribution in [0, 0.1) is 0 Å². The van der Waals surface area contributed by atoms with Gasteiger partial charge < -0.3 is 9.57 Å². The van der Waals surface area contributed by atoms with Crippen LogP contribution in [0.1, 0.15) is 12.8 Å². The van der Waals surface area contributed by atoms with Gasteiger partial charge in [-0.1, -0.05) is 0 Å². The van der Waals surface area contributed by atoms with Crippen LogP contribution in [-0.4, -0.2) is 26.7 Å². The maximum absolute atomic E-state index is 9.63. The fraction of sp³-hybridized carbons (Fsp3) is 0.833. The predicted molar refractivity (Wildman–Crippen MR) is 36.3 cm³/mol. The van der Waals surface area contributed by atoms with Crippen molar-refractivity contribution in [1.29, 1.82) is 0 Å². The summed E-state index contributed by atoms with van der Waals surface area (Å²) in [5.41, 5.74) is 2.55. The number of ether oxygens (including phenoxy) is 1. The fourth-order valence-electron chi connectivity index (χ4n) is 0.510. The van der Waals surface area contributed by atoms with Gasteiger partial charge in [0.2, 0.25) is 0 Å². The largest absolute Gasteiger partial charge is 0.468 e. The van der Waals surface area contributed by atoms with Crippen molar-refractivity contribution in [2.24, 2.45) is 0 Å². The van der Waals surface area contributed by atoms with E-state index in [-0.39, 0.29) is 0 Å². The van der Waals surface area contributed by atoms with Gasteiger partial charge in [0.1, 0.15) is 0 Å². The lowest BCUT2D eigenvalue weighted by Gasteiger charge is -1.99. The van der Waals surface area contributed by atoms with E-state index in [2.05, 4.69) is 10.2 Å². The van der Waals surface area contributed by atoms with E-state index in [1.807, 2.05) is 0 Å². The monoisotopic (exact) mass is 147 g/mol. The summed E-state index contributed by atoms with van der Waals surface area (Å²) < 4.78 is 4.46. The number of hydrogen-bond acceptors (Lipinski definition) is 4. The van der Waals surface area contributed by atoms with Gasteiger partial charge in [0.05, 0.1) is 13.2 Å². The van der Waals surface area contributed by atoms with Crippen LogP contribution in [0.4, 0.5) is 0 Å². The average molecular weight is 147 g/mol. The van der Waals surface area contributed by atoms with Crippen LogP contribution in [0.2, 0.25) is 0 Å². The molecule has 0 aliphatic rings. The van der Waals surface area contributed by atoms with E-state index in [9.17, 15) is 4.79 Å². The van der Waals surface area contributed by atoms with Crippen molar-refractivity contribution in [3.8, 4) is 0 Å². The first-order chi connectivity index (χ1) is 4.91. The number of unbranched alkanes of at least 4 members (excludes halogenated alkanes) is 1. The van der Waals surface area contributed by atoms with Crippen LogP contribution >= 0.6 is 0 Å². The minimum atomic E-state index is 0.457. The zero-order chi connectivity index (χ0) is 7.66. The molecule has 0 aliphatic heterocycles. The summed E-state index contributed by atoms with van der Waals surface area (Å²) in [6, 6.07) is 0. The number of hydroxylamine groups is 1. The summed E-state index contributed by atoms with van der Waals surface area (Å²) in [4.78, 5) is 14.4. The maximum Gasteiger partial charge on any atom is 0.293 e. The molecule has 0 aliphatic carbocycles. The van der Waals surface area contributed by atoms with E-state index in [0.29, 0.717) is 19.7 Å².